The Hall–Kier alpha value is -2.39. The van der Waals surface area contributed by atoms with Crippen LogP contribution in [-0.2, 0) is 11.2 Å². The van der Waals surface area contributed by atoms with Crippen molar-refractivity contribution >= 4 is 28.3 Å². The van der Waals surface area contributed by atoms with E-state index in [9.17, 15) is 4.79 Å². The number of carbonyl (C=O) groups excluding carboxylic acids is 1. The van der Waals surface area contributed by atoms with Crippen LogP contribution in [-0.4, -0.2) is 10.8 Å². The molecule has 0 amide bonds. The summed E-state index contributed by atoms with van der Waals surface area (Å²) in [7, 11) is 0. The molecule has 0 aliphatic carbocycles. The van der Waals surface area contributed by atoms with Crippen molar-refractivity contribution in [3.05, 3.63) is 64.8 Å². The molecule has 0 saturated carbocycles. The predicted octanol–water partition coefficient (Wildman–Crippen LogP) is 5.90. The number of hydrogen-bond acceptors (Lipinski definition) is 3. The number of nitrogens with zero attached hydrogens (tertiary/aromatic N) is 1. The molecule has 0 radical (unpaired) electrons. The fourth-order valence-electron chi connectivity index (χ4n) is 2.76. The number of rotatable bonds is 6. The second-order valence-electron chi connectivity index (χ2n) is 6.15. The van der Waals surface area contributed by atoms with Gasteiger partial charge in [0, 0.05) is 29.4 Å². The third-order valence-electron chi connectivity index (χ3n) is 4.03. The van der Waals surface area contributed by atoms with E-state index in [2.05, 4.69) is 4.98 Å². The summed E-state index contributed by atoms with van der Waals surface area (Å²) in [6.45, 7) is 4.03. The number of ether oxygens (including phenoxy) is 1. The zero-order valence-electron chi connectivity index (χ0n) is 14.4. The molecule has 3 rings (SSSR count). The van der Waals surface area contributed by atoms with E-state index in [1.54, 1.807) is 12.3 Å². The lowest BCUT2D eigenvalue weighted by Crippen LogP contribution is -2.02. The van der Waals surface area contributed by atoms with Crippen LogP contribution in [0, 0.1) is 6.92 Å². The number of aromatic nitrogens is 1. The van der Waals surface area contributed by atoms with Crippen molar-refractivity contribution in [2.24, 2.45) is 0 Å². The van der Waals surface area contributed by atoms with Gasteiger partial charge in [-0.1, -0.05) is 30.7 Å². The molecule has 3 nitrogen and oxygen atoms in total. The molecule has 0 unspecified atom stereocenters. The standard InChI is InChI=1S/C21H20ClNO2/c1-3-4-16(24)12-15-6-7-17(13-19(15)22)25-21-9-10-23-20-11-14(2)5-8-18(20)21/h5-11,13H,3-4,12H2,1-2H3. The van der Waals surface area contributed by atoms with Gasteiger partial charge in [0.25, 0.3) is 0 Å². The van der Waals surface area contributed by atoms with Gasteiger partial charge in [-0.25, -0.2) is 0 Å². The Balaban J connectivity index is 1.84. The fourth-order valence-corrected chi connectivity index (χ4v) is 3.00. The van der Waals surface area contributed by atoms with Crippen molar-refractivity contribution in [3.8, 4) is 11.5 Å². The van der Waals surface area contributed by atoms with Gasteiger partial charge in [0.15, 0.2) is 0 Å². The van der Waals surface area contributed by atoms with Gasteiger partial charge < -0.3 is 4.74 Å². The average molecular weight is 354 g/mol. The topological polar surface area (TPSA) is 39.2 Å². The number of carbonyl (C=O) groups is 1. The van der Waals surface area contributed by atoms with Gasteiger partial charge in [-0.2, -0.15) is 0 Å². The number of pyridine rings is 1. The van der Waals surface area contributed by atoms with Gasteiger partial charge >= 0.3 is 0 Å². The molecule has 4 heteroatoms. The monoisotopic (exact) mass is 353 g/mol. The van der Waals surface area contributed by atoms with Crippen LogP contribution in [0.2, 0.25) is 5.02 Å². The van der Waals surface area contributed by atoms with Crippen LogP contribution in [0.4, 0.5) is 0 Å². The highest BCUT2D eigenvalue weighted by atomic mass is 35.5. The van der Waals surface area contributed by atoms with Crippen LogP contribution in [0.1, 0.15) is 30.9 Å². The summed E-state index contributed by atoms with van der Waals surface area (Å²) in [5.41, 5.74) is 2.88. The Morgan fingerprint density at radius 3 is 2.76 bits per heavy atom. The Kier molecular flexibility index (Phi) is 5.34. The molecule has 0 spiro atoms. The van der Waals surface area contributed by atoms with E-state index >= 15 is 0 Å². The first-order valence-electron chi connectivity index (χ1n) is 8.40. The van der Waals surface area contributed by atoms with Crippen molar-refractivity contribution in [2.75, 3.05) is 0 Å². The number of halogens is 1. The highest BCUT2D eigenvalue weighted by Crippen LogP contribution is 2.31. The molecule has 0 saturated heterocycles. The largest absolute Gasteiger partial charge is 0.457 e. The summed E-state index contributed by atoms with van der Waals surface area (Å²) in [4.78, 5) is 16.2. The average Bonchev–Trinajstić information content (AvgIpc) is 2.57. The number of ketones is 1. The highest BCUT2D eigenvalue weighted by Gasteiger charge is 2.10. The van der Waals surface area contributed by atoms with E-state index in [4.69, 9.17) is 16.3 Å². The molecule has 0 atom stereocenters. The molecule has 2 aromatic carbocycles. The van der Waals surface area contributed by atoms with E-state index in [0.717, 1.165) is 34.2 Å². The van der Waals surface area contributed by atoms with Crippen molar-refractivity contribution in [3.63, 3.8) is 0 Å². The fraction of sp³-hybridized carbons (Fsp3) is 0.238. The smallest absolute Gasteiger partial charge is 0.138 e. The lowest BCUT2D eigenvalue weighted by atomic mass is 10.1. The summed E-state index contributed by atoms with van der Waals surface area (Å²) in [5, 5.41) is 1.50. The molecular weight excluding hydrogens is 334 g/mol. The summed E-state index contributed by atoms with van der Waals surface area (Å²) >= 11 is 6.33. The third kappa shape index (κ3) is 4.18. The van der Waals surface area contributed by atoms with Crippen molar-refractivity contribution < 1.29 is 9.53 Å². The molecular formula is C21H20ClNO2. The third-order valence-corrected chi connectivity index (χ3v) is 4.38. The van der Waals surface area contributed by atoms with Crippen LogP contribution in [0.3, 0.4) is 0 Å². The van der Waals surface area contributed by atoms with Gasteiger partial charge in [0.05, 0.1) is 5.52 Å². The minimum atomic E-state index is 0.202. The number of Topliss-reactive ketones (excluding diaryl/α,β-unsaturated/α-hetero) is 1. The number of fused-ring (bicyclic) bond motifs is 1. The SMILES string of the molecule is CCCC(=O)Cc1ccc(Oc2ccnc3cc(C)ccc23)cc1Cl. The van der Waals surface area contributed by atoms with Gasteiger partial charge in [-0.3, -0.25) is 9.78 Å². The van der Waals surface area contributed by atoms with Gasteiger partial charge in [-0.05, 0) is 54.8 Å². The molecule has 3 aromatic rings. The zero-order chi connectivity index (χ0) is 17.8. The molecule has 1 heterocycles. The lowest BCUT2D eigenvalue weighted by molar-refractivity contribution is -0.118. The van der Waals surface area contributed by atoms with E-state index in [0.29, 0.717) is 23.6 Å². The van der Waals surface area contributed by atoms with Crippen molar-refractivity contribution in [2.45, 2.75) is 33.1 Å². The van der Waals surface area contributed by atoms with Crippen LogP contribution in [0.25, 0.3) is 10.9 Å². The summed E-state index contributed by atoms with van der Waals surface area (Å²) < 4.78 is 6.01. The molecule has 0 N–H and O–H groups in total. The van der Waals surface area contributed by atoms with Crippen LogP contribution < -0.4 is 4.74 Å². The second-order valence-corrected chi connectivity index (χ2v) is 6.56. The van der Waals surface area contributed by atoms with Crippen LogP contribution in [0.5, 0.6) is 11.5 Å². The van der Waals surface area contributed by atoms with E-state index < -0.39 is 0 Å². The minimum absolute atomic E-state index is 0.202. The minimum Gasteiger partial charge on any atom is -0.457 e. The normalized spacial score (nSPS) is 10.8. The highest BCUT2D eigenvalue weighted by molar-refractivity contribution is 6.31. The van der Waals surface area contributed by atoms with Gasteiger partial charge in [0.2, 0.25) is 0 Å². The lowest BCUT2D eigenvalue weighted by Gasteiger charge is -2.11. The van der Waals surface area contributed by atoms with E-state index in [-0.39, 0.29) is 5.78 Å². The summed E-state index contributed by atoms with van der Waals surface area (Å²) in [6.07, 6.45) is 3.53. The number of hydrogen-bond donors (Lipinski definition) is 0. The van der Waals surface area contributed by atoms with Crippen molar-refractivity contribution in [1.29, 1.82) is 0 Å². The molecule has 1 aromatic heterocycles. The second kappa shape index (κ2) is 7.66. The maximum absolute atomic E-state index is 11.8. The molecule has 25 heavy (non-hydrogen) atoms. The van der Waals surface area contributed by atoms with Gasteiger partial charge in [0.1, 0.15) is 17.3 Å². The van der Waals surface area contributed by atoms with Crippen molar-refractivity contribution in [1.82, 2.24) is 4.98 Å². The first-order chi connectivity index (χ1) is 12.1. The molecule has 0 aliphatic heterocycles. The summed E-state index contributed by atoms with van der Waals surface area (Å²) in [6, 6.07) is 13.4. The zero-order valence-corrected chi connectivity index (χ0v) is 15.1. The van der Waals surface area contributed by atoms with Crippen LogP contribution in [0.15, 0.2) is 48.7 Å². The first-order valence-corrected chi connectivity index (χ1v) is 8.78. The van der Waals surface area contributed by atoms with E-state index in [1.165, 1.54) is 0 Å². The van der Waals surface area contributed by atoms with Gasteiger partial charge in [-0.15, -0.1) is 0 Å². The number of benzene rings is 2. The predicted molar refractivity (Wildman–Crippen MR) is 102 cm³/mol. The van der Waals surface area contributed by atoms with Crippen LogP contribution >= 0.6 is 11.6 Å². The Morgan fingerprint density at radius 1 is 1.16 bits per heavy atom. The molecule has 0 fully saturated rings. The Bertz CT molecular complexity index is 921. The molecule has 0 aliphatic rings. The summed E-state index contributed by atoms with van der Waals surface area (Å²) in [5.74, 6) is 1.58. The Labute approximate surface area is 152 Å². The van der Waals surface area contributed by atoms with E-state index in [1.807, 2.05) is 50.2 Å². The maximum atomic E-state index is 11.8. The first kappa shape index (κ1) is 17.4. The molecule has 0 bridgehead atoms. The molecule has 128 valence electrons. The number of aryl methyl sites for hydroxylation is 1. The Morgan fingerprint density at radius 2 is 2.00 bits per heavy atom. The maximum Gasteiger partial charge on any atom is 0.138 e. The quantitative estimate of drug-likeness (QED) is 0.553.